The lowest BCUT2D eigenvalue weighted by Gasteiger charge is -2.30. The lowest BCUT2D eigenvalue weighted by atomic mass is 9.78. The largest absolute Gasteiger partial charge is 0.481 e. The first-order valence-corrected chi connectivity index (χ1v) is 11.4. The average Bonchev–Trinajstić information content (AvgIpc) is 3.35. The number of pyridine rings is 1. The summed E-state index contributed by atoms with van der Waals surface area (Å²) in [7, 11) is 1.48. The maximum absolute atomic E-state index is 13.7. The molecular weight excluding hydrogens is 485 g/mol. The molecule has 1 aliphatic rings. The summed E-state index contributed by atoms with van der Waals surface area (Å²) in [6, 6.07) is 8.05. The summed E-state index contributed by atoms with van der Waals surface area (Å²) in [4.78, 5) is 39.8. The van der Waals surface area contributed by atoms with E-state index in [1.54, 1.807) is 30.3 Å². The Morgan fingerprint density at radius 2 is 1.91 bits per heavy atom. The van der Waals surface area contributed by atoms with Gasteiger partial charge in [-0.15, -0.1) is 0 Å². The van der Waals surface area contributed by atoms with Gasteiger partial charge in [0.1, 0.15) is 17.0 Å². The number of carbonyl (C=O) groups is 1. The van der Waals surface area contributed by atoms with Gasteiger partial charge in [0.25, 0.3) is 0 Å². The van der Waals surface area contributed by atoms with Crippen molar-refractivity contribution in [2.75, 3.05) is 7.11 Å². The van der Waals surface area contributed by atoms with Gasteiger partial charge in [0.2, 0.25) is 5.88 Å². The van der Waals surface area contributed by atoms with Crippen LogP contribution in [0.1, 0.15) is 37.7 Å². The first kappa shape index (κ1) is 24.8. The SMILES string of the molecule is COc1ccc(-c2nc(-c3cc(CCC(=O)C4(C(F)(F)F)CCCC4)ccc3Cl)[nH]c(=O)n2)cn1. The van der Waals surface area contributed by atoms with Crippen LogP contribution in [0, 0.1) is 5.41 Å². The molecule has 3 aromatic rings. The van der Waals surface area contributed by atoms with Crippen molar-refractivity contribution in [3.05, 3.63) is 57.6 Å². The number of nitrogens with zero attached hydrogens (tertiary/aromatic N) is 3. The minimum atomic E-state index is -4.56. The molecule has 1 saturated carbocycles. The number of hydrogen-bond acceptors (Lipinski definition) is 6. The molecule has 2 aromatic heterocycles. The van der Waals surface area contributed by atoms with Crippen LogP contribution in [0.25, 0.3) is 22.8 Å². The summed E-state index contributed by atoms with van der Waals surface area (Å²) in [6.45, 7) is 0. The minimum Gasteiger partial charge on any atom is -0.481 e. The number of rotatable bonds is 7. The van der Waals surface area contributed by atoms with Gasteiger partial charge in [-0.3, -0.25) is 9.78 Å². The van der Waals surface area contributed by atoms with Crippen molar-refractivity contribution in [2.45, 2.75) is 44.7 Å². The molecule has 1 aliphatic carbocycles. The van der Waals surface area contributed by atoms with Crippen LogP contribution >= 0.6 is 11.6 Å². The standard InChI is InChI=1S/C24H22ClF3N4O3/c1-35-19-9-6-15(13-29-19)20-30-21(32-22(34)31-20)16-12-14(4-7-17(16)25)5-8-18(33)23(24(26,27)28)10-2-3-11-23/h4,6-7,9,12-13H,2-3,5,8,10-11H2,1H3,(H,30,31,32,34). The van der Waals surface area contributed by atoms with Gasteiger partial charge in [-0.2, -0.15) is 18.2 Å². The molecular formula is C24H22ClF3N4O3. The summed E-state index contributed by atoms with van der Waals surface area (Å²) in [5, 5.41) is 0.274. The van der Waals surface area contributed by atoms with Gasteiger partial charge in [-0.05, 0) is 43.0 Å². The van der Waals surface area contributed by atoms with Crippen LogP contribution in [0.2, 0.25) is 5.02 Å². The highest BCUT2D eigenvalue weighted by Gasteiger charge is 2.59. The van der Waals surface area contributed by atoms with Crippen LogP contribution < -0.4 is 10.4 Å². The lowest BCUT2D eigenvalue weighted by Crippen LogP contribution is -2.42. The van der Waals surface area contributed by atoms with E-state index in [2.05, 4.69) is 19.9 Å². The molecule has 0 bridgehead atoms. The van der Waals surface area contributed by atoms with Crippen molar-refractivity contribution < 1.29 is 22.7 Å². The number of H-pyrrole nitrogens is 1. The molecule has 0 radical (unpaired) electrons. The molecule has 4 rings (SSSR count). The van der Waals surface area contributed by atoms with Gasteiger partial charge in [0.05, 0.1) is 12.1 Å². The summed E-state index contributed by atoms with van der Waals surface area (Å²) in [6.07, 6.45) is -2.78. The van der Waals surface area contributed by atoms with Crippen LogP contribution in [0.4, 0.5) is 13.2 Å². The third kappa shape index (κ3) is 5.07. The predicted octanol–water partition coefficient (Wildman–Crippen LogP) is 5.18. The monoisotopic (exact) mass is 506 g/mol. The van der Waals surface area contributed by atoms with Crippen molar-refractivity contribution >= 4 is 17.4 Å². The zero-order valence-corrected chi connectivity index (χ0v) is 19.5. The van der Waals surface area contributed by atoms with E-state index in [1.165, 1.54) is 13.3 Å². The minimum absolute atomic E-state index is 0.103. The smallest absolute Gasteiger partial charge is 0.401 e. The Hall–Kier alpha value is -3.27. The number of aryl methyl sites for hydroxylation is 1. The van der Waals surface area contributed by atoms with Crippen molar-refractivity contribution in [1.29, 1.82) is 0 Å². The molecule has 1 aromatic carbocycles. The number of benzene rings is 1. The topological polar surface area (TPSA) is 97.8 Å². The zero-order valence-electron chi connectivity index (χ0n) is 18.8. The Labute approximate surface area is 203 Å². The molecule has 2 heterocycles. The number of hydrogen-bond donors (Lipinski definition) is 1. The molecule has 0 aliphatic heterocycles. The number of Topliss-reactive ketones (excluding diaryl/α,β-unsaturated/α-hetero) is 1. The van der Waals surface area contributed by atoms with Crippen LogP contribution in [-0.4, -0.2) is 39.0 Å². The third-order valence-corrected chi connectivity index (χ3v) is 6.64. The third-order valence-electron chi connectivity index (χ3n) is 6.31. The molecule has 11 heteroatoms. The molecule has 184 valence electrons. The van der Waals surface area contributed by atoms with Gasteiger partial charge < -0.3 is 4.74 Å². The Morgan fingerprint density at radius 3 is 2.54 bits per heavy atom. The fourth-order valence-corrected chi connectivity index (χ4v) is 4.59. The quantitative estimate of drug-likeness (QED) is 0.474. The van der Waals surface area contributed by atoms with E-state index < -0.39 is 23.1 Å². The van der Waals surface area contributed by atoms with Gasteiger partial charge in [0, 0.05) is 29.8 Å². The Balaban J connectivity index is 1.60. The maximum atomic E-state index is 13.7. The number of ether oxygens (including phenoxy) is 1. The first-order chi connectivity index (χ1) is 16.6. The van der Waals surface area contributed by atoms with Crippen molar-refractivity contribution in [1.82, 2.24) is 19.9 Å². The highest BCUT2D eigenvalue weighted by atomic mass is 35.5. The number of aromatic amines is 1. The molecule has 35 heavy (non-hydrogen) atoms. The fourth-order valence-electron chi connectivity index (χ4n) is 4.38. The first-order valence-electron chi connectivity index (χ1n) is 11.0. The average molecular weight is 507 g/mol. The predicted molar refractivity (Wildman–Crippen MR) is 123 cm³/mol. The molecule has 1 N–H and O–H groups in total. The van der Waals surface area contributed by atoms with Gasteiger partial charge >= 0.3 is 11.9 Å². The number of nitrogens with one attached hydrogen (secondary N) is 1. The van der Waals surface area contributed by atoms with Gasteiger partial charge in [-0.1, -0.05) is 30.5 Å². The lowest BCUT2D eigenvalue weighted by molar-refractivity contribution is -0.218. The van der Waals surface area contributed by atoms with Crippen LogP contribution in [0.15, 0.2) is 41.3 Å². The summed E-state index contributed by atoms with van der Waals surface area (Å²) in [5.41, 5.74) is -1.47. The van der Waals surface area contributed by atoms with Gasteiger partial charge in [0.15, 0.2) is 5.82 Å². The van der Waals surface area contributed by atoms with E-state index >= 15 is 0 Å². The number of aromatic nitrogens is 4. The Morgan fingerprint density at radius 1 is 1.17 bits per heavy atom. The maximum Gasteiger partial charge on any atom is 0.401 e. The second-order valence-corrected chi connectivity index (χ2v) is 8.85. The summed E-state index contributed by atoms with van der Waals surface area (Å²) >= 11 is 6.34. The second kappa shape index (κ2) is 9.77. The molecule has 0 amide bonds. The van der Waals surface area contributed by atoms with Crippen LogP contribution in [0.5, 0.6) is 5.88 Å². The van der Waals surface area contributed by atoms with E-state index in [-0.39, 0.29) is 42.4 Å². The van der Waals surface area contributed by atoms with Gasteiger partial charge in [-0.25, -0.2) is 14.8 Å². The molecule has 0 saturated heterocycles. The normalized spacial score (nSPS) is 15.2. The Kier molecular flexibility index (Phi) is 6.93. The summed E-state index contributed by atoms with van der Waals surface area (Å²) in [5.74, 6) is -0.154. The van der Waals surface area contributed by atoms with Crippen molar-refractivity contribution in [3.63, 3.8) is 0 Å². The molecule has 0 spiro atoms. The Bertz CT molecular complexity index is 1290. The van der Waals surface area contributed by atoms with Crippen LogP contribution in [0.3, 0.4) is 0 Å². The van der Waals surface area contributed by atoms with E-state index in [4.69, 9.17) is 16.3 Å². The molecule has 1 fully saturated rings. The van der Waals surface area contributed by atoms with E-state index in [0.717, 1.165) is 0 Å². The fraction of sp³-hybridized carbons (Fsp3) is 0.375. The number of ketones is 1. The number of alkyl halides is 3. The van der Waals surface area contributed by atoms with E-state index in [1.807, 2.05) is 0 Å². The van der Waals surface area contributed by atoms with E-state index in [0.29, 0.717) is 35.4 Å². The van der Waals surface area contributed by atoms with E-state index in [9.17, 15) is 22.8 Å². The summed E-state index contributed by atoms with van der Waals surface area (Å²) < 4.78 is 46.1. The van der Waals surface area contributed by atoms with Crippen molar-refractivity contribution in [3.8, 4) is 28.7 Å². The molecule has 0 atom stereocenters. The molecule has 0 unspecified atom stereocenters. The number of carbonyl (C=O) groups excluding carboxylic acids is 1. The molecule has 7 nitrogen and oxygen atoms in total. The number of methoxy groups -OCH3 is 1. The van der Waals surface area contributed by atoms with Crippen LogP contribution in [-0.2, 0) is 11.2 Å². The van der Waals surface area contributed by atoms with Crippen molar-refractivity contribution in [2.24, 2.45) is 5.41 Å². The zero-order chi connectivity index (χ0) is 25.2. The number of halogens is 4. The highest BCUT2D eigenvalue weighted by molar-refractivity contribution is 6.33. The highest BCUT2D eigenvalue weighted by Crippen LogP contribution is 2.51. The second-order valence-electron chi connectivity index (χ2n) is 8.44.